The fourth-order valence-electron chi connectivity index (χ4n) is 1.74. The standard InChI is InChI=1S/C11H11NO3/c1-7-6-8(13)2-3-9(7)12-10(14)4-5-11(12)15/h2-3,6,13H,4-5H2,1H3. The van der Waals surface area contributed by atoms with Crippen LogP contribution in [0.2, 0.25) is 0 Å². The third kappa shape index (κ3) is 1.58. The van der Waals surface area contributed by atoms with Gasteiger partial charge in [0.15, 0.2) is 0 Å². The minimum Gasteiger partial charge on any atom is -0.508 e. The van der Waals surface area contributed by atoms with Crippen LogP contribution < -0.4 is 4.90 Å². The van der Waals surface area contributed by atoms with E-state index in [-0.39, 0.29) is 30.4 Å². The summed E-state index contributed by atoms with van der Waals surface area (Å²) in [5.41, 5.74) is 1.29. The first-order chi connectivity index (χ1) is 7.09. The molecule has 2 amide bonds. The van der Waals surface area contributed by atoms with Gasteiger partial charge in [-0.15, -0.1) is 0 Å². The summed E-state index contributed by atoms with van der Waals surface area (Å²) in [6.45, 7) is 1.76. The predicted octanol–water partition coefficient (Wildman–Crippen LogP) is 1.35. The number of phenols is 1. The summed E-state index contributed by atoms with van der Waals surface area (Å²) in [4.78, 5) is 24.1. The van der Waals surface area contributed by atoms with E-state index in [2.05, 4.69) is 0 Å². The minimum absolute atomic E-state index is 0.135. The predicted molar refractivity (Wildman–Crippen MR) is 54.6 cm³/mol. The van der Waals surface area contributed by atoms with Crippen molar-refractivity contribution in [3.8, 4) is 5.75 Å². The summed E-state index contributed by atoms with van der Waals surface area (Å²) >= 11 is 0. The van der Waals surface area contributed by atoms with Gasteiger partial charge in [-0.05, 0) is 30.7 Å². The SMILES string of the molecule is Cc1cc(O)ccc1N1C(=O)CCC1=O. The van der Waals surface area contributed by atoms with E-state index >= 15 is 0 Å². The van der Waals surface area contributed by atoms with Gasteiger partial charge in [0.25, 0.3) is 0 Å². The Morgan fingerprint density at radius 1 is 1.20 bits per heavy atom. The van der Waals surface area contributed by atoms with Gasteiger partial charge in [-0.2, -0.15) is 0 Å². The molecule has 1 aliphatic heterocycles. The Morgan fingerprint density at radius 3 is 2.33 bits per heavy atom. The van der Waals surface area contributed by atoms with Crippen molar-refractivity contribution in [2.45, 2.75) is 19.8 Å². The van der Waals surface area contributed by atoms with E-state index in [1.165, 1.54) is 17.0 Å². The molecule has 0 unspecified atom stereocenters. The number of amides is 2. The average molecular weight is 205 g/mol. The molecule has 4 heteroatoms. The molecule has 1 aliphatic rings. The maximum atomic E-state index is 11.5. The molecule has 1 aromatic carbocycles. The van der Waals surface area contributed by atoms with Crippen LogP contribution >= 0.6 is 0 Å². The lowest BCUT2D eigenvalue weighted by atomic mass is 10.1. The maximum Gasteiger partial charge on any atom is 0.234 e. The van der Waals surface area contributed by atoms with Gasteiger partial charge in [-0.3, -0.25) is 14.5 Å². The van der Waals surface area contributed by atoms with Gasteiger partial charge in [0.2, 0.25) is 11.8 Å². The van der Waals surface area contributed by atoms with Crippen molar-refractivity contribution in [1.82, 2.24) is 0 Å². The number of phenolic OH excluding ortho intramolecular Hbond substituents is 1. The highest BCUT2D eigenvalue weighted by Crippen LogP contribution is 2.28. The van der Waals surface area contributed by atoms with Gasteiger partial charge in [-0.1, -0.05) is 0 Å². The number of anilines is 1. The number of hydrogen-bond donors (Lipinski definition) is 1. The van der Waals surface area contributed by atoms with Crippen LogP contribution in [-0.2, 0) is 9.59 Å². The summed E-state index contributed by atoms with van der Waals surface area (Å²) in [6, 6.07) is 4.60. The number of carbonyl (C=O) groups excluding carboxylic acids is 2. The number of hydrogen-bond acceptors (Lipinski definition) is 3. The van der Waals surface area contributed by atoms with E-state index in [1.54, 1.807) is 13.0 Å². The lowest BCUT2D eigenvalue weighted by molar-refractivity contribution is -0.121. The van der Waals surface area contributed by atoms with Crippen molar-refractivity contribution in [2.75, 3.05) is 4.90 Å². The third-order valence-electron chi connectivity index (χ3n) is 2.47. The number of aryl methyl sites for hydroxylation is 1. The molecule has 15 heavy (non-hydrogen) atoms. The number of nitrogens with zero attached hydrogens (tertiary/aromatic N) is 1. The highest BCUT2D eigenvalue weighted by Gasteiger charge is 2.31. The Kier molecular flexibility index (Phi) is 2.19. The number of aromatic hydroxyl groups is 1. The van der Waals surface area contributed by atoms with Crippen LogP contribution in [0.3, 0.4) is 0 Å². The second kappa shape index (κ2) is 3.38. The van der Waals surface area contributed by atoms with Crippen LogP contribution in [0.1, 0.15) is 18.4 Å². The minimum atomic E-state index is -0.172. The van der Waals surface area contributed by atoms with Crippen LogP contribution in [0.5, 0.6) is 5.75 Å². The Balaban J connectivity index is 2.45. The summed E-state index contributed by atoms with van der Waals surface area (Å²) in [5, 5.41) is 9.22. The Labute approximate surface area is 87.1 Å². The van der Waals surface area contributed by atoms with Gasteiger partial charge in [0, 0.05) is 12.8 Å². The van der Waals surface area contributed by atoms with Gasteiger partial charge in [0.05, 0.1) is 5.69 Å². The van der Waals surface area contributed by atoms with Crippen molar-refractivity contribution >= 4 is 17.5 Å². The van der Waals surface area contributed by atoms with Gasteiger partial charge in [0.1, 0.15) is 5.75 Å². The molecule has 78 valence electrons. The molecule has 0 atom stereocenters. The molecule has 0 bridgehead atoms. The Bertz CT molecular complexity index is 423. The van der Waals surface area contributed by atoms with Crippen molar-refractivity contribution < 1.29 is 14.7 Å². The smallest absolute Gasteiger partial charge is 0.234 e. The first-order valence-corrected chi connectivity index (χ1v) is 4.75. The van der Waals surface area contributed by atoms with Crippen LogP contribution in [0.15, 0.2) is 18.2 Å². The third-order valence-corrected chi connectivity index (χ3v) is 2.47. The van der Waals surface area contributed by atoms with Crippen molar-refractivity contribution in [3.05, 3.63) is 23.8 Å². The fraction of sp³-hybridized carbons (Fsp3) is 0.273. The zero-order valence-corrected chi connectivity index (χ0v) is 8.36. The Hall–Kier alpha value is -1.84. The zero-order valence-electron chi connectivity index (χ0n) is 8.36. The number of imide groups is 1. The van der Waals surface area contributed by atoms with E-state index in [0.29, 0.717) is 5.69 Å². The maximum absolute atomic E-state index is 11.5. The first kappa shape index (κ1) is 9.71. The molecule has 1 saturated heterocycles. The summed E-state index contributed by atoms with van der Waals surface area (Å²) in [7, 11) is 0. The first-order valence-electron chi connectivity index (χ1n) is 4.75. The average Bonchev–Trinajstić information content (AvgIpc) is 2.48. The monoisotopic (exact) mass is 205 g/mol. The fourth-order valence-corrected chi connectivity index (χ4v) is 1.74. The number of benzene rings is 1. The van der Waals surface area contributed by atoms with Crippen LogP contribution in [0.25, 0.3) is 0 Å². The van der Waals surface area contributed by atoms with E-state index in [0.717, 1.165) is 5.56 Å². The molecule has 1 aromatic rings. The molecule has 4 nitrogen and oxygen atoms in total. The summed E-state index contributed by atoms with van der Waals surface area (Å²) in [5.74, 6) is -0.210. The summed E-state index contributed by atoms with van der Waals surface area (Å²) < 4.78 is 0. The number of carbonyl (C=O) groups is 2. The largest absolute Gasteiger partial charge is 0.508 e. The molecule has 0 radical (unpaired) electrons. The molecule has 1 fully saturated rings. The highest BCUT2D eigenvalue weighted by atomic mass is 16.3. The lowest BCUT2D eigenvalue weighted by Gasteiger charge is -2.16. The van der Waals surface area contributed by atoms with Crippen LogP contribution in [0, 0.1) is 6.92 Å². The second-order valence-electron chi connectivity index (χ2n) is 3.59. The van der Waals surface area contributed by atoms with Crippen molar-refractivity contribution in [1.29, 1.82) is 0 Å². The molecule has 0 spiro atoms. The molecule has 0 saturated carbocycles. The zero-order chi connectivity index (χ0) is 11.0. The van der Waals surface area contributed by atoms with Crippen molar-refractivity contribution in [3.63, 3.8) is 0 Å². The molecule has 0 aromatic heterocycles. The lowest BCUT2D eigenvalue weighted by Crippen LogP contribution is -2.29. The van der Waals surface area contributed by atoms with Crippen molar-refractivity contribution in [2.24, 2.45) is 0 Å². The molecule has 1 N–H and O–H groups in total. The van der Waals surface area contributed by atoms with Gasteiger partial charge in [-0.25, -0.2) is 0 Å². The molecular weight excluding hydrogens is 194 g/mol. The van der Waals surface area contributed by atoms with Crippen LogP contribution in [0.4, 0.5) is 5.69 Å². The van der Waals surface area contributed by atoms with Gasteiger partial charge >= 0.3 is 0 Å². The van der Waals surface area contributed by atoms with E-state index in [9.17, 15) is 14.7 Å². The van der Waals surface area contributed by atoms with Gasteiger partial charge < -0.3 is 5.11 Å². The molecule has 2 rings (SSSR count). The topological polar surface area (TPSA) is 57.6 Å². The molecule has 1 heterocycles. The Morgan fingerprint density at radius 2 is 1.80 bits per heavy atom. The van der Waals surface area contributed by atoms with E-state index in [1.807, 2.05) is 0 Å². The second-order valence-corrected chi connectivity index (χ2v) is 3.59. The number of rotatable bonds is 1. The van der Waals surface area contributed by atoms with E-state index in [4.69, 9.17) is 0 Å². The van der Waals surface area contributed by atoms with Crippen LogP contribution in [-0.4, -0.2) is 16.9 Å². The summed E-state index contributed by atoms with van der Waals surface area (Å²) in [6.07, 6.45) is 0.554. The molecule has 0 aliphatic carbocycles. The molecular formula is C11H11NO3. The normalized spacial score (nSPS) is 16.2. The van der Waals surface area contributed by atoms with E-state index < -0.39 is 0 Å². The quantitative estimate of drug-likeness (QED) is 0.704. The highest BCUT2D eigenvalue weighted by molar-refractivity contribution is 6.20.